The standard InChI is InChI=1S/C13H17BrN2O2/c1-8-3-4-16(11(8)6-14)13(18)10-7-15-9(2)5-12(10)17/h5,7-8,11H,3-4,6H2,1-2H3,(H,15,17). The van der Waals surface area contributed by atoms with Gasteiger partial charge >= 0.3 is 0 Å². The van der Waals surface area contributed by atoms with Crippen LogP contribution >= 0.6 is 15.9 Å². The molecule has 0 spiro atoms. The molecule has 4 nitrogen and oxygen atoms in total. The van der Waals surface area contributed by atoms with Gasteiger partial charge in [-0.25, -0.2) is 0 Å². The van der Waals surface area contributed by atoms with Gasteiger partial charge in [0.2, 0.25) is 0 Å². The van der Waals surface area contributed by atoms with Crippen LogP contribution in [0.2, 0.25) is 0 Å². The molecule has 1 fully saturated rings. The minimum atomic E-state index is -0.205. The molecule has 2 unspecified atom stereocenters. The molecule has 1 N–H and O–H groups in total. The van der Waals surface area contributed by atoms with Crippen molar-refractivity contribution in [3.63, 3.8) is 0 Å². The van der Waals surface area contributed by atoms with Crippen LogP contribution in [-0.4, -0.2) is 33.7 Å². The Labute approximate surface area is 115 Å². The molecule has 1 aromatic rings. The lowest BCUT2D eigenvalue weighted by atomic mass is 10.0. The van der Waals surface area contributed by atoms with Crippen molar-refractivity contribution >= 4 is 21.8 Å². The van der Waals surface area contributed by atoms with E-state index >= 15 is 0 Å². The normalized spacial score (nSPS) is 23.4. The molecule has 0 radical (unpaired) electrons. The smallest absolute Gasteiger partial charge is 0.259 e. The number of aromatic nitrogens is 1. The molecule has 1 aliphatic heterocycles. The number of aryl methyl sites for hydroxylation is 1. The molecule has 2 heterocycles. The summed E-state index contributed by atoms with van der Waals surface area (Å²) < 4.78 is 0. The maximum Gasteiger partial charge on any atom is 0.259 e. The fraction of sp³-hybridized carbons (Fsp3) is 0.538. The predicted molar refractivity (Wildman–Crippen MR) is 74.2 cm³/mol. The number of nitrogens with zero attached hydrogens (tertiary/aromatic N) is 1. The summed E-state index contributed by atoms with van der Waals surface area (Å²) in [6.45, 7) is 4.66. The van der Waals surface area contributed by atoms with Gasteiger partial charge in [-0.05, 0) is 19.3 Å². The highest BCUT2D eigenvalue weighted by Gasteiger charge is 2.34. The molecular formula is C13H17BrN2O2. The molecule has 98 valence electrons. The maximum atomic E-state index is 12.4. The first-order valence-corrected chi connectivity index (χ1v) is 7.23. The van der Waals surface area contributed by atoms with Crippen LogP contribution in [0.4, 0.5) is 0 Å². The minimum absolute atomic E-state index is 0.162. The Morgan fingerprint density at radius 1 is 1.61 bits per heavy atom. The van der Waals surface area contributed by atoms with Crippen molar-refractivity contribution in [2.24, 2.45) is 5.92 Å². The number of hydrogen-bond donors (Lipinski definition) is 1. The van der Waals surface area contributed by atoms with Gasteiger partial charge in [0.25, 0.3) is 5.91 Å². The van der Waals surface area contributed by atoms with E-state index in [2.05, 4.69) is 27.8 Å². The molecule has 1 amide bonds. The molecule has 1 aliphatic rings. The van der Waals surface area contributed by atoms with Crippen molar-refractivity contribution in [3.05, 3.63) is 33.7 Å². The van der Waals surface area contributed by atoms with E-state index in [1.165, 1.54) is 12.3 Å². The molecule has 1 aromatic heterocycles. The van der Waals surface area contributed by atoms with Gasteiger partial charge in [-0.15, -0.1) is 0 Å². The number of halogens is 1. The van der Waals surface area contributed by atoms with Gasteiger partial charge in [-0.1, -0.05) is 22.9 Å². The Hall–Kier alpha value is -1.10. The molecular weight excluding hydrogens is 296 g/mol. The van der Waals surface area contributed by atoms with E-state index in [4.69, 9.17) is 0 Å². The average molecular weight is 313 g/mol. The summed E-state index contributed by atoms with van der Waals surface area (Å²) in [7, 11) is 0. The molecule has 2 atom stereocenters. The highest BCUT2D eigenvalue weighted by Crippen LogP contribution is 2.26. The quantitative estimate of drug-likeness (QED) is 0.848. The van der Waals surface area contributed by atoms with E-state index < -0.39 is 0 Å². The number of nitrogens with one attached hydrogen (secondary N) is 1. The number of H-pyrrole nitrogens is 1. The zero-order valence-electron chi connectivity index (χ0n) is 10.6. The van der Waals surface area contributed by atoms with Crippen LogP contribution in [-0.2, 0) is 0 Å². The maximum absolute atomic E-state index is 12.4. The average Bonchev–Trinajstić information content (AvgIpc) is 2.69. The molecule has 5 heteroatoms. The first-order valence-electron chi connectivity index (χ1n) is 6.11. The number of carbonyl (C=O) groups is 1. The third-order valence-corrected chi connectivity index (χ3v) is 4.25. The van der Waals surface area contributed by atoms with E-state index in [-0.39, 0.29) is 22.9 Å². The van der Waals surface area contributed by atoms with Crippen molar-refractivity contribution in [1.29, 1.82) is 0 Å². The van der Waals surface area contributed by atoms with Crippen molar-refractivity contribution in [2.75, 3.05) is 11.9 Å². The molecule has 2 rings (SSSR count). The van der Waals surface area contributed by atoms with Gasteiger partial charge in [0, 0.05) is 35.9 Å². The van der Waals surface area contributed by atoms with E-state index in [0.717, 1.165) is 24.0 Å². The highest BCUT2D eigenvalue weighted by molar-refractivity contribution is 9.09. The van der Waals surface area contributed by atoms with Crippen molar-refractivity contribution in [2.45, 2.75) is 26.3 Å². The van der Waals surface area contributed by atoms with Crippen molar-refractivity contribution < 1.29 is 4.79 Å². The molecule has 0 saturated carbocycles. The zero-order valence-corrected chi connectivity index (χ0v) is 12.2. The monoisotopic (exact) mass is 312 g/mol. The number of amides is 1. The lowest BCUT2D eigenvalue weighted by Crippen LogP contribution is -2.40. The van der Waals surface area contributed by atoms with Gasteiger partial charge < -0.3 is 9.88 Å². The summed E-state index contributed by atoms with van der Waals surface area (Å²) in [6, 6.07) is 1.65. The zero-order chi connectivity index (χ0) is 13.3. The second-order valence-electron chi connectivity index (χ2n) is 4.88. The number of likely N-dealkylation sites (tertiary alicyclic amines) is 1. The van der Waals surface area contributed by atoms with Crippen LogP contribution < -0.4 is 5.43 Å². The predicted octanol–water partition coefficient (Wildman–Crippen LogP) is 1.93. The van der Waals surface area contributed by atoms with Gasteiger partial charge in [-0.2, -0.15) is 0 Å². The molecule has 0 aliphatic carbocycles. The SMILES string of the molecule is Cc1cc(=O)c(C(=O)N2CCC(C)C2CBr)c[nH]1. The fourth-order valence-electron chi connectivity index (χ4n) is 2.39. The van der Waals surface area contributed by atoms with Crippen molar-refractivity contribution in [1.82, 2.24) is 9.88 Å². The van der Waals surface area contributed by atoms with Crippen LogP contribution in [0, 0.1) is 12.8 Å². The van der Waals surface area contributed by atoms with Gasteiger partial charge in [0.15, 0.2) is 5.43 Å². The summed E-state index contributed by atoms with van der Waals surface area (Å²) in [5.41, 5.74) is 0.799. The number of hydrogen-bond acceptors (Lipinski definition) is 2. The van der Waals surface area contributed by atoms with Crippen molar-refractivity contribution in [3.8, 4) is 0 Å². The van der Waals surface area contributed by atoms with Crippen LogP contribution in [0.1, 0.15) is 29.4 Å². The lowest BCUT2D eigenvalue weighted by molar-refractivity contribution is 0.0737. The van der Waals surface area contributed by atoms with Crippen LogP contribution in [0.15, 0.2) is 17.1 Å². The van der Waals surface area contributed by atoms with E-state index in [1.807, 2.05) is 0 Å². The Bertz CT molecular complexity index is 512. The Morgan fingerprint density at radius 3 is 2.94 bits per heavy atom. The van der Waals surface area contributed by atoms with Gasteiger partial charge in [0.05, 0.1) is 0 Å². The summed E-state index contributed by atoms with van der Waals surface area (Å²) in [4.78, 5) is 28.9. The first kappa shape index (κ1) is 13.3. The fourth-order valence-corrected chi connectivity index (χ4v) is 3.38. The third-order valence-electron chi connectivity index (χ3n) is 3.59. The molecule has 1 saturated heterocycles. The number of rotatable bonds is 2. The van der Waals surface area contributed by atoms with Crippen LogP contribution in [0.5, 0.6) is 0 Å². The van der Waals surface area contributed by atoms with Crippen LogP contribution in [0.3, 0.4) is 0 Å². The van der Waals surface area contributed by atoms with E-state index in [9.17, 15) is 9.59 Å². The Balaban J connectivity index is 2.29. The number of carbonyl (C=O) groups excluding carboxylic acids is 1. The number of aromatic amines is 1. The minimum Gasteiger partial charge on any atom is -0.364 e. The largest absolute Gasteiger partial charge is 0.364 e. The Morgan fingerprint density at radius 2 is 2.33 bits per heavy atom. The lowest BCUT2D eigenvalue weighted by Gasteiger charge is -2.25. The summed E-state index contributed by atoms with van der Waals surface area (Å²) >= 11 is 3.45. The Kier molecular flexibility index (Phi) is 3.90. The van der Waals surface area contributed by atoms with Gasteiger partial charge in [-0.3, -0.25) is 9.59 Å². The van der Waals surface area contributed by atoms with E-state index in [1.54, 1.807) is 11.8 Å². The summed E-state index contributed by atoms with van der Waals surface area (Å²) in [5.74, 6) is 0.308. The third kappa shape index (κ3) is 2.36. The second-order valence-corrected chi connectivity index (χ2v) is 5.53. The van der Waals surface area contributed by atoms with E-state index in [0.29, 0.717) is 5.92 Å². The molecule has 18 heavy (non-hydrogen) atoms. The van der Waals surface area contributed by atoms with Gasteiger partial charge in [0.1, 0.15) is 5.56 Å². The molecule has 0 bridgehead atoms. The second kappa shape index (κ2) is 5.26. The van der Waals surface area contributed by atoms with Crippen LogP contribution in [0.25, 0.3) is 0 Å². The number of pyridine rings is 1. The summed E-state index contributed by atoms with van der Waals surface area (Å²) in [6.07, 6.45) is 2.51. The summed E-state index contributed by atoms with van der Waals surface area (Å²) in [5, 5.41) is 0.754. The first-order chi connectivity index (χ1) is 8.54. The highest BCUT2D eigenvalue weighted by atomic mass is 79.9. The topological polar surface area (TPSA) is 53.2 Å². The number of alkyl halides is 1. The molecule has 0 aromatic carbocycles.